The molecule has 1 fully saturated rings. The number of nitrogens with one attached hydrogen (secondary N) is 1. The lowest BCUT2D eigenvalue weighted by Gasteiger charge is -2.26. The zero-order valence-electron chi connectivity index (χ0n) is 11.8. The van der Waals surface area contributed by atoms with Gasteiger partial charge in [0.1, 0.15) is 0 Å². The molecule has 1 unspecified atom stereocenters. The molecule has 0 radical (unpaired) electrons. The van der Waals surface area contributed by atoms with Crippen molar-refractivity contribution in [3.63, 3.8) is 0 Å². The summed E-state index contributed by atoms with van der Waals surface area (Å²) < 4.78 is 0. The van der Waals surface area contributed by atoms with Gasteiger partial charge in [-0.2, -0.15) is 0 Å². The zero-order chi connectivity index (χ0) is 15.4. The largest absolute Gasteiger partial charge is 0.315 e. The summed E-state index contributed by atoms with van der Waals surface area (Å²) in [7, 11) is 0. The van der Waals surface area contributed by atoms with E-state index < -0.39 is 9.85 Å². The summed E-state index contributed by atoms with van der Waals surface area (Å²) in [6.07, 6.45) is 1.01. The van der Waals surface area contributed by atoms with Crippen molar-refractivity contribution in [1.82, 2.24) is 10.2 Å². The fourth-order valence-corrected chi connectivity index (χ4v) is 2.64. The van der Waals surface area contributed by atoms with E-state index in [-0.39, 0.29) is 11.4 Å². The van der Waals surface area contributed by atoms with Crippen molar-refractivity contribution in [2.75, 3.05) is 19.6 Å². The van der Waals surface area contributed by atoms with E-state index in [0.29, 0.717) is 18.2 Å². The van der Waals surface area contributed by atoms with Crippen molar-refractivity contribution in [2.45, 2.75) is 25.9 Å². The number of non-ortho nitro benzene ring substituents is 1. The number of nitro benzene ring substituents is 2. The predicted octanol–water partition coefficient (Wildman–Crippen LogP) is 1.69. The van der Waals surface area contributed by atoms with E-state index in [0.717, 1.165) is 32.1 Å². The van der Waals surface area contributed by atoms with Crippen LogP contribution in [-0.2, 0) is 6.54 Å². The van der Waals surface area contributed by atoms with Gasteiger partial charge in [-0.15, -0.1) is 0 Å². The minimum atomic E-state index is -0.616. The Balaban J connectivity index is 2.25. The van der Waals surface area contributed by atoms with Crippen molar-refractivity contribution < 1.29 is 9.85 Å². The summed E-state index contributed by atoms with van der Waals surface area (Å²) in [6, 6.07) is 4.20. The van der Waals surface area contributed by atoms with Crippen LogP contribution in [0.4, 0.5) is 11.4 Å². The minimum absolute atomic E-state index is 0.186. The lowest BCUT2D eigenvalue weighted by Crippen LogP contribution is -2.36. The molecule has 8 nitrogen and oxygen atoms in total. The molecule has 0 aliphatic carbocycles. The Labute approximate surface area is 122 Å². The molecule has 1 N–H and O–H groups in total. The summed E-state index contributed by atoms with van der Waals surface area (Å²) in [5.41, 5.74) is 0.0731. The van der Waals surface area contributed by atoms with E-state index in [4.69, 9.17) is 0 Å². The number of rotatable bonds is 6. The third-order valence-electron chi connectivity index (χ3n) is 3.81. The fraction of sp³-hybridized carbons (Fsp3) is 0.538. The number of hydrogen-bond acceptors (Lipinski definition) is 6. The summed E-state index contributed by atoms with van der Waals surface area (Å²) >= 11 is 0. The second-order valence-corrected chi connectivity index (χ2v) is 5.04. The first-order valence-corrected chi connectivity index (χ1v) is 6.89. The fourth-order valence-electron chi connectivity index (χ4n) is 2.64. The molecular formula is C13H18N4O4. The molecule has 0 spiro atoms. The van der Waals surface area contributed by atoms with Gasteiger partial charge in [0.2, 0.25) is 0 Å². The Morgan fingerprint density at radius 1 is 1.33 bits per heavy atom. The molecule has 21 heavy (non-hydrogen) atoms. The van der Waals surface area contributed by atoms with E-state index in [1.807, 2.05) is 6.92 Å². The Morgan fingerprint density at radius 2 is 2.10 bits per heavy atom. The number of likely N-dealkylation sites (N-methyl/N-ethyl adjacent to an activating group) is 1. The van der Waals surface area contributed by atoms with E-state index in [1.165, 1.54) is 12.1 Å². The summed E-state index contributed by atoms with van der Waals surface area (Å²) in [5.74, 6) is 0. The van der Waals surface area contributed by atoms with Crippen LogP contribution in [-0.4, -0.2) is 40.4 Å². The second kappa shape index (κ2) is 6.59. The third-order valence-corrected chi connectivity index (χ3v) is 3.81. The average molecular weight is 294 g/mol. The van der Waals surface area contributed by atoms with Crippen LogP contribution < -0.4 is 5.32 Å². The molecule has 0 aromatic heterocycles. The first-order valence-electron chi connectivity index (χ1n) is 6.89. The summed E-state index contributed by atoms with van der Waals surface area (Å²) in [5, 5.41) is 25.1. The smallest absolute Gasteiger partial charge is 0.280 e. The highest BCUT2D eigenvalue weighted by molar-refractivity contribution is 5.49. The van der Waals surface area contributed by atoms with Crippen LogP contribution >= 0.6 is 0 Å². The molecular weight excluding hydrogens is 276 g/mol. The molecule has 1 saturated heterocycles. The molecule has 8 heteroatoms. The number of nitro groups is 2. The highest BCUT2D eigenvalue weighted by Gasteiger charge is 2.25. The van der Waals surface area contributed by atoms with Crippen LogP contribution in [0.25, 0.3) is 0 Å². The molecule has 1 aliphatic rings. The molecule has 0 saturated carbocycles. The van der Waals surface area contributed by atoms with Gasteiger partial charge in [0, 0.05) is 30.8 Å². The van der Waals surface area contributed by atoms with E-state index in [9.17, 15) is 20.2 Å². The van der Waals surface area contributed by atoms with Crippen molar-refractivity contribution >= 4 is 11.4 Å². The van der Waals surface area contributed by atoms with Crippen LogP contribution in [0.5, 0.6) is 0 Å². The van der Waals surface area contributed by atoms with E-state index >= 15 is 0 Å². The third kappa shape index (κ3) is 3.53. The van der Waals surface area contributed by atoms with Crippen LogP contribution in [0.1, 0.15) is 18.9 Å². The Morgan fingerprint density at radius 3 is 2.62 bits per heavy atom. The molecule has 2 rings (SSSR count). The number of benzene rings is 1. The molecule has 1 heterocycles. The monoisotopic (exact) mass is 294 g/mol. The lowest BCUT2D eigenvalue weighted by atomic mass is 10.1. The molecule has 0 bridgehead atoms. The van der Waals surface area contributed by atoms with Crippen molar-refractivity contribution in [1.29, 1.82) is 0 Å². The van der Waals surface area contributed by atoms with Crippen molar-refractivity contribution in [3.8, 4) is 0 Å². The van der Waals surface area contributed by atoms with Crippen LogP contribution in [0, 0.1) is 20.2 Å². The highest BCUT2D eigenvalue weighted by Crippen LogP contribution is 2.26. The Kier molecular flexibility index (Phi) is 4.81. The predicted molar refractivity (Wildman–Crippen MR) is 77.1 cm³/mol. The van der Waals surface area contributed by atoms with Crippen LogP contribution in [0.15, 0.2) is 18.2 Å². The first-order chi connectivity index (χ1) is 10.0. The molecule has 1 aromatic rings. The second-order valence-electron chi connectivity index (χ2n) is 5.04. The Hall–Kier alpha value is -2.06. The van der Waals surface area contributed by atoms with E-state index in [1.54, 1.807) is 0 Å². The van der Waals surface area contributed by atoms with Gasteiger partial charge in [-0.1, -0.05) is 6.92 Å². The molecule has 114 valence electrons. The number of hydrogen-bond donors (Lipinski definition) is 1. The van der Waals surface area contributed by atoms with Crippen molar-refractivity contribution in [2.24, 2.45) is 0 Å². The first kappa shape index (κ1) is 15.3. The maximum Gasteiger partial charge on any atom is 0.280 e. The lowest BCUT2D eigenvalue weighted by molar-refractivity contribution is -0.394. The standard InChI is InChI=1S/C13H18N4O4/c1-2-15(12-5-6-14-8-12)9-10-3-4-11(16(18)19)7-13(10)17(20)21/h3-4,7,12,14H,2,5-6,8-9H2,1H3. The van der Waals surface area contributed by atoms with Gasteiger partial charge in [-0.05, 0) is 25.6 Å². The van der Waals surface area contributed by atoms with E-state index in [2.05, 4.69) is 10.2 Å². The quantitative estimate of drug-likeness (QED) is 0.632. The summed E-state index contributed by atoms with van der Waals surface area (Å²) in [6.45, 7) is 5.03. The van der Waals surface area contributed by atoms with Gasteiger partial charge in [-0.3, -0.25) is 25.1 Å². The van der Waals surface area contributed by atoms with Gasteiger partial charge in [0.25, 0.3) is 11.4 Å². The van der Waals surface area contributed by atoms with Gasteiger partial charge in [0.05, 0.1) is 15.9 Å². The number of nitrogens with zero attached hydrogens (tertiary/aromatic N) is 3. The van der Waals surface area contributed by atoms with Crippen molar-refractivity contribution in [3.05, 3.63) is 44.0 Å². The maximum absolute atomic E-state index is 11.1. The SMILES string of the molecule is CCN(Cc1ccc([N+](=O)[O-])cc1[N+](=O)[O-])C1CCNC1. The highest BCUT2D eigenvalue weighted by atomic mass is 16.6. The zero-order valence-corrected chi connectivity index (χ0v) is 11.8. The van der Waals surface area contributed by atoms with Gasteiger partial charge < -0.3 is 5.32 Å². The molecule has 0 amide bonds. The molecule has 1 atom stereocenters. The van der Waals surface area contributed by atoms with Gasteiger partial charge >= 0.3 is 0 Å². The average Bonchev–Trinajstić information content (AvgIpc) is 2.98. The van der Waals surface area contributed by atoms with Gasteiger partial charge in [0.15, 0.2) is 0 Å². The minimum Gasteiger partial charge on any atom is -0.315 e. The van der Waals surface area contributed by atoms with Crippen LogP contribution in [0.2, 0.25) is 0 Å². The molecule has 1 aliphatic heterocycles. The van der Waals surface area contributed by atoms with Gasteiger partial charge in [-0.25, -0.2) is 0 Å². The Bertz CT molecular complexity index is 543. The van der Waals surface area contributed by atoms with Crippen LogP contribution in [0.3, 0.4) is 0 Å². The molecule has 1 aromatic carbocycles. The normalized spacial score (nSPS) is 18.1. The summed E-state index contributed by atoms with van der Waals surface area (Å²) in [4.78, 5) is 22.9. The maximum atomic E-state index is 11.1. The topological polar surface area (TPSA) is 102 Å².